The second-order valence-corrected chi connectivity index (χ2v) is 5.02. The molecule has 1 aliphatic heterocycles. The van der Waals surface area contributed by atoms with Gasteiger partial charge in [0.1, 0.15) is 18.9 Å². The number of nitrogens with two attached hydrogens (primary N) is 1. The Morgan fingerprint density at radius 2 is 1.83 bits per heavy atom. The Morgan fingerprint density at radius 1 is 1.22 bits per heavy atom. The van der Waals surface area contributed by atoms with E-state index in [9.17, 15) is 4.39 Å². The van der Waals surface area contributed by atoms with Crippen LogP contribution in [-0.2, 0) is 12.1 Å². The summed E-state index contributed by atoms with van der Waals surface area (Å²) in [6.07, 6.45) is 1.60. The standard InChI is InChI=1S/C14H20FNO2/c1-14(2,15)11-9-13-12(17-6-7-18-13)8-10(11)4-3-5-16/h8-9H,3-7,16H2,1-2H3. The summed E-state index contributed by atoms with van der Waals surface area (Å²) in [5.41, 5.74) is 5.76. The van der Waals surface area contributed by atoms with Crippen molar-refractivity contribution in [3.8, 4) is 11.5 Å². The summed E-state index contributed by atoms with van der Waals surface area (Å²) in [6, 6.07) is 3.65. The van der Waals surface area contributed by atoms with Crippen LogP contribution in [0, 0.1) is 0 Å². The van der Waals surface area contributed by atoms with Gasteiger partial charge in [-0.3, -0.25) is 0 Å². The number of hydrogen-bond donors (Lipinski definition) is 1. The molecule has 1 aromatic carbocycles. The summed E-state index contributed by atoms with van der Waals surface area (Å²) < 4.78 is 25.3. The number of rotatable bonds is 4. The average Bonchev–Trinajstić information content (AvgIpc) is 2.34. The lowest BCUT2D eigenvalue weighted by Crippen LogP contribution is -2.19. The molecule has 2 N–H and O–H groups in total. The number of benzene rings is 1. The van der Waals surface area contributed by atoms with Crippen LogP contribution in [0.1, 0.15) is 31.4 Å². The van der Waals surface area contributed by atoms with Crippen LogP contribution in [-0.4, -0.2) is 19.8 Å². The Labute approximate surface area is 107 Å². The van der Waals surface area contributed by atoms with Gasteiger partial charge in [-0.25, -0.2) is 4.39 Å². The first-order chi connectivity index (χ1) is 8.52. The minimum atomic E-state index is -1.39. The maximum atomic E-state index is 14.3. The number of halogens is 1. The highest BCUT2D eigenvalue weighted by Gasteiger charge is 2.26. The first-order valence-electron chi connectivity index (χ1n) is 6.34. The van der Waals surface area contributed by atoms with E-state index in [4.69, 9.17) is 15.2 Å². The van der Waals surface area contributed by atoms with Crippen LogP contribution in [0.4, 0.5) is 4.39 Å². The molecule has 0 aliphatic carbocycles. The zero-order chi connectivity index (χ0) is 13.2. The second kappa shape index (κ2) is 5.14. The van der Waals surface area contributed by atoms with E-state index in [1.165, 1.54) is 0 Å². The van der Waals surface area contributed by atoms with Gasteiger partial charge < -0.3 is 15.2 Å². The molecule has 1 aliphatic rings. The zero-order valence-electron chi connectivity index (χ0n) is 11.0. The SMILES string of the molecule is CC(C)(F)c1cc2c(cc1CCCN)OCCO2. The molecule has 0 atom stereocenters. The van der Waals surface area contributed by atoms with Gasteiger partial charge in [-0.2, -0.15) is 0 Å². The van der Waals surface area contributed by atoms with Crippen molar-refractivity contribution in [2.24, 2.45) is 5.73 Å². The first-order valence-corrected chi connectivity index (χ1v) is 6.34. The number of ether oxygens (including phenoxy) is 2. The molecule has 0 unspecified atom stereocenters. The monoisotopic (exact) mass is 253 g/mol. The van der Waals surface area contributed by atoms with Gasteiger partial charge in [0.05, 0.1) is 0 Å². The highest BCUT2D eigenvalue weighted by atomic mass is 19.1. The molecule has 0 fully saturated rings. The van der Waals surface area contributed by atoms with Crippen molar-refractivity contribution in [2.75, 3.05) is 19.8 Å². The quantitative estimate of drug-likeness (QED) is 0.897. The highest BCUT2D eigenvalue weighted by molar-refractivity contribution is 5.49. The van der Waals surface area contributed by atoms with Crippen LogP contribution >= 0.6 is 0 Å². The van der Waals surface area contributed by atoms with E-state index < -0.39 is 5.67 Å². The van der Waals surface area contributed by atoms with Gasteiger partial charge in [0, 0.05) is 0 Å². The molecule has 0 amide bonds. The van der Waals surface area contributed by atoms with Crippen LogP contribution in [0.25, 0.3) is 0 Å². The second-order valence-electron chi connectivity index (χ2n) is 5.02. The molecule has 0 bridgehead atoms. The predicted octanol–water partition coefficient (Wildman–Crippen LogP) is 2.55. The summed E-state index contributed by atoms with van der Waals surface area (Å²) in [4.78, 5) is 0. The molecular formula is C14H20FNO2. The maximum absolute atomic E-state index is 14.3. The fourth-order valence-corrected chi connectivity index (χ4v) is 2.18. The van der Waals surface area contributed by atoms with E-state index in [1.54, 1.807) is 19.9 Å². The largest absolute Gasteiger partial charge is 0.486 e. The third-order valence-corrected chi connectivity index (χ3v) is 3.06. The fourth-order valence-electron chi connectivity index (χ4n) is 2.18. The van der Waals surface area contributed by atoms with E-state index in [2.05, 4.69) is 0 Å². The Balaban J connectivity index is 2.41. The molecule has 0 spiro atoms. The summed E-state index contributed by atoms with van der Waals surface area (Å²) >= 11 is 0. The number of hydrogen-bond acceptors (Lipinski definition) is 3. The Hall–Kier alpha value is -1.29. The Kier molecular flexibility index (Phi) is 3.76. The fraction of sp³-hybridized carbons (Fsp3) is 0.571. The summed E-state index contributed by atoms with van der Waals surface area (Å²) in [5.74, 6) is 1.35. The number of fused-ring (bicyclic) bond motifs is 1. The van der Waals surface area contributed by atoms with E-state index >= 15 is 0 Å². The van der Waals surface area contributed by atoms with Crippen LogP contribution in [0.2, 0.25) is 0 Å². The van der Waals surface area contributed by atoms with Gasteiger partial charge in [-0.05, 0) is 56.5 Å². The van der Waals surface area contributed by atoms with Gasteiger partial charge in [0.25, 0.3) is 0 Å². The van der Waals surface area contributed by atoms with Crippen molar-refractivity contribution in [1.82, 2.24) is 0 Å². The van der Waals surface area contributed by atoms with Gasteiger partial charge in [0.15, 0.2) is 11.5 Å². The van der Waals surface area contributed by atoms with Gasteiger partial charge in [0.2, 0.25) is 0 Å². The van der Waals surface area contributed by atoms with E-state index in [1.807, 2.05) is 6.07 Å². The van der Waals surface area contributed by atoms with E-state index in [-0.39, 0.29) is 0 Å². The van der Waals surface area contributed by atoms with Crippen molar-refractivity contribution in [3.05, 3.63) is 23.3 Å². The molecule has 2 rings (SSSR count). The topological polar surface area (TPSA) is 44.5 Å². The van der Waals surface area contributed by atoms with Crippen molar-refractivity contribution in [2.45, 2.75) is 32.4 Å². The van der Waals surface area contributed by atoms with Crippen LogP contribution in [0.3, 0.4) is 0 Å². The molecule has 1 heterocycles. The normalized spacial score (nSPS) is 14.7. The van der Waals surface area contributed by atoms with Crippen molar-refractivity contribution in [1.29, 1.82) is 0 Å². The molecule has 1 aromatic rings. The Morgan fingerprint density at radius 3 is 2.39 bits per heavy atom. The molecule has 0 saturated heterocycles. The van der Waals surface area contributed by atoms with Crippen molar-refractivity contribution in [3.63, 3.8) is 0 Å². The van der Waals surface area contributed by atoms with E-state index in [0.717, 1.165) is 18.4 Å². The van der Waals surface area contributed by atoms with Crippen molar-refractivity contribution < 1.29 is 13.9 Å². The molecule has 18 heavy (non-hydrogen) atoms. The van der Waals surface area contributed by atoms with Crippen molar-refractivity contribution >= 4 is 0 Å². The highest BCUT2D eigenvalue weighted by Crippen LogP contribution is 2.38. The molecule has 0 saturated carbocycles. The number of aryl methyl sites for hydroxylation is 1. The third kappa shape index (κ3) is 2.75. The minimum absolute atomic E-state index is 0.515. The third-order valence-electron chi connectivity index (χ3n) is 3.06. The van der Waals surface area contributed by atoms with Crippen LogP contribution in [0.5, 0.6) is 11.5 Å². The van der Waals surface area contributed by atoms with Gasteiger partial charge >= 0.3 is 0 Å². The maximum Gasteiger partial charge on any atom is 0.161 e. The summed E-state index contributed by atoms with van der Waals surface area (Å²) in [7, 11) is 0. The molecular weight excluding hydrogens is 233 g/mol. The lowest BCUT2D eigenvalue weighted by Gasteiger charge is -2.25. The average molecular weight is 253 g/mol. The smallest absolute Gasteiger partial charge is 0.161 e. The minimum Gasteiger partial charge on any atom is -0.486 e. The summed E-state index contributed by atoms with van der Waals surface area (Å²) in [5, 5.41) is 0. The number of alkyl halides is 1. The molecule has 3 nitrogen and oxygen atoms in total. The molecule has 0 radical (unpaired) electrons. The molecule has 0 aromatic heterocycles. The van der Waals surface area contributed by atoms with Gasteiger partial charge in [-0.15, -0.1) is 0 Å². The zero-order valence-corrected chi connectivity index (χ0v) is 11.0. The molecule has 4 heteroatoms. The Bertz CT molecular complexity index is 427. The van der Waals surface area contributed by atoms with Crippen LogP contribution < -0.4 is 15.2 Å². The predicted molar refractivity (Wildman–Crippen MR) is 68.9 cm³/mol. The van der Waals surface area contributed by atoms with Crippen LogP contribution in [0.15, 0.2) is 12.1 Å². The lowest BCUT2D eigenvalue weighted by molar-refractivity contribution is 0.168. The first kappa shape index (κ1) is 13.1. The molecule has 100 valence electrons. The van der Waals surface area contributed by atoms with Gasteiger partial charge in [-0.1, -0.05) is 0 Å². The lowest BCUT2D eigenvalue weighted by atomic mass is 9.91. The van der Waals surface area contributed by atoms with E-state index in [0.29, 0.717) is 36.8 Å². The summed E-state index contributed by atoms with van der Waals surface area (Å²) in [6.45, 7) is 4.78.